The molecular formula is C17H16N4O3S. The molecule has 1 amide bonds. The molecular weight excluding hydrogens is 340 g/mol. The van der Waals surface area contributed by atoms with Crippen LogP contribution < -0.4 is 10.6 Å². The number of benzene rings is 1. The maximum atomic E-state index is 11.8. The van der Waals surface area contributed by atoms with Crippen LogP contribution in [0, 0.1) is 13.8 Å². The van der Waals surface area contributed by atoms with Crippen LogP contribution in [-0.2, 0) is 4.79 Å². The number of carboxylic acids is 1. The first-order chi connectivity index (χ1) is 12.0. The Bertz CT molecular complexity index is 950. The molecule has 3 aromatic rings. The summed E-state index contributed by atoms with van der Waals surface area (Å²) in [4.78, 5) is 33.1. The average molecular weight is 356 g/mol. The molecule has 0 saturated carbocycles. The molecule has 3 rings (SSSR count). The second-order valence-electron chi connectivity index (χ2n) is 5.46. The van der Waals surface area contributed by atoms with Gasteiger partial charge in [0.15, 0.2) is 0 Å². The molecule has 0 aliphatic carbocycles. The van der Waals surface area contributed by atoms with Crippen LogP contribution in [0.3, 0.4) is 0 Å². The van der Waals surface area contributed by atoms with E-state index in [4.69, 9.17) is 5.11 Å². The van der Waals surface area contributed by atoms with Crippen molar-refractivity contribution in [2.75, 3.05) is 11.9 Å². The molecule has 0 bridgehead atoms. The Morgan fingerprint density at radius 2 is 1.88 bits per heavy atom. The van der Waals surface area contributed by atoms with E-state index in [9.17, 15) is 9.59 Å². The summed E-state index contributed by atoms with van der Waals surface area (Å²) in [5, 5.41) is 15.2. The van der Waals surface area contributed by atoms with E-state index in [1.54, 1.807) is 35.6 Å². The van der Waals surface area contributed by atoms with Gasteiger partial charge in [0.05, 0.1) is 5.39 Å². The zero-order valence-corrected chi connectivity index (χ0v) is 14.5. The Kier molecular flexibility index (Phi) is 4.62. The average Bonchev–Trinajstić information content (AvgIpc) is 2.89. The van der Waals surface area contributed by atoms with E-state index in [0.29, 0.717) is 5.56 Å². The number of carbonyl (C=O) groups is 2. The maximum absolute atomic E-state index is 11.8. The van der Waals surface area contributed by atoms with Crippen molar-refractivity contribution in [1.82, 2.24) is 15.3 Å². The van der Waals surface area contributed by atoms with Gasteiger partial charge in [0.1, 0.15) is 23.5 Å². The van der Waals surface area contributed by atoms with Crippen LogP contribution in [0.25, 0.3) is 10.2 Å². The Morgan fingerprint density at radius 1 is 1.16 bits per heavy atom. The standard InChI is InChI=1S/C17H16N4O3S/c1-9-10(2)25-17-14(9)15(19-8-20-17)21-12-5-3-11(4-6-12)16(24)18-7-13(22)23/h3-6,8H,7H2,1-2H3,(H,18,24)(H,22,23)(H,19,20,21). The number of aliphatic carboxylic acids is 1. The first-order valence-corrected chi connectivity index (χ1v) is 8.35. The number of amides is 1. The van der Waals surface area contributed by atoms with Crippen LogP contribution in [0.1, 0.15) is 20.8 Å². The van der Waals surface area contributed by atoms with Crippen LogP contribution in [0.2, 0.25) is 0 Å². The molecule has 3 N–H and O–H groups in total. The minimum absolute atomic E-state index is 0.391. The molecule has 7 nitrogen and oxygen atoms in total. The van der Waals surface area contributed by atoms with E-state index in [0.717, 1.165) is 27.3 Å². The van der Waals surface area contributed by atoms with Gasteiger partial charge in [-0.05, 0) is 43.7 Å². The fraction of sp³-hybridized carbons (Fsp3) is 0.176. The van der Waals surface area contributed by atoms with Gasteiger partial charge in [0, 0.05) is 16.1 Å². The predicted octanol–water partition coefficient (Wildman–Crippen LogP) is 2.87. The smallest absolute Gasteiger partial charge is 0.322 e. The van der Waals surface area contributed by atoms with Crippen molar-refractivity contribution in [2.45, 2.75) is 13.8 Å². The number of hydrogen-bond acceptors (Lipinski definition) is 6. The molecule has 2 aromatic heterocycles. The highest BCUT2D eigenvalue weighted by Crippen LogP contribution is 2.33. The van der Waals surface area contributed by atoms with E-state index in [2.05, 4.69) is 27.5 Å². The van der Waals surface area contributed by atoms with E-state index in [-0.39, 0.29) is 0 Å². The number of aromatic nitrogens is 2. The SMILES string of the molecule is Cc1sc2ncnc(Nc3ccc(C(=O)NCC(=O)O)cc3)c2c1C. The van der Waals surface area contributed by atoms with Crippen LogP contribution >= 0.6 is 11.3 Å². The minimum Gasteiger partial charge on any atom is -0.480 e. The van der Waals surface area contributed by atoms with Gasteiger partial charge < -0.3 is 15.7 Å². The summed E-state index contributed by atoms with van der Waals surface area (Å²) < 4.78 is 0. The fourth-order valence-electron chi connectivity index (χ4n) is 2.38. The molecule has 1 aromatic carbocycles. The molecule has 0 aliphatic heterocycles. The predicted molar refractivity (Wildman–Crippen MR) is 96.6 cm³/mol. The Labute approximate surface area is 147 Å². The van der Waals surface area contributed by atoms with Crippen molar-refractivity contribution >= 4 is 44.9 Å². The molecule has 0 unspecified atom stereocenters. The van der Waals surface area contributed by atoms with Crippen LogP contribution in [0.5, 0.6) is 0 Å². The Hall–Kier alpha value is -3.00. The monoisotopic (exact) mass is 356 g/mol. The first kappa shape index (κ1) is 16.8. The molecule has 0 atom stereocenters. The molecule has 0 radical (unpaired) electrons. The summed E-state index contributed by atoms with van der Waals surface area (Å²) in [6, 6.07) is 6.75. The zero-order valence-electron chi connectivity index (χ0n) is 13.7. The number of hydrogen-bond donors (Lipinski definition) is 3. The van der Waals surface area contributed by atoms with Crippen molar-refractivity contribution in [3.63, 3.8) is 0 Å². The highest BCUT2D eigenvalue weighted by Gasteiger charge is 2.12. The number of aryl methyl sites for hydroxylation is 2. The number of nitrogens with one attached hydrogen (secondary N) is 2. The lowest BCUT2D eigenvalue weighted by molar-refractivity contribution is -0.135. The van der Waals surface area contributed by atoms with Crippen molar-refractivity contribution in [3.8, 4) is 0 Å². The Morgan fingerprint density at radius 3 is 2.56 bits per heavy atom. The highest BCUT2D eigenvalue weighted by molar-refractivity contribution is 7.18. The van der Waals surface area contributed by atoms with E-state index >= 15 is 0 Å². The summed E-state index contributed by atoms with van der Waals surface area (Å²) in [6.07, 6.45) is 1.52. The van der Waals surface area contributed by atoms with Crippen LogP contribution in [0.4, 0.5) is 11.5 Å². The second kappa shape index (κ2) is 6.86. The van der Waals surface area contributed by atoms with E-state index in [1.165, 1.54) is 11.2 Å². The summed E-state index contributed by atoms with van der Waals surface area (Å²) in [7, 11) is 0. The molecule has 2 heterocycles. The topological polar surface area (TPSA) is 104 Å². The van der Waals surface area contributed by atoms with Crippen molar-refractivity contribution in [2.24, 2.45) is 0 Å². The van der Waals surface area contributed by atoms with Crippen LogP contribution in [0.15, 0.2) is 30.6 Å². The highest BCUT2D eigenvalue weighted by atomic mass is 32.1. The normalized spacial score (nSPS) is 10.6. The minimum atomic E-state index is -1.08. The van der Waals surface area contributed by atoms with Gasteiger partial charge in [0.25, 0.3) is 5.91 Å². The maximum Gasteiger partial charge on any atom is 0.322 e. The summed E-state index contributed by atoms with van der Waals surface area (Å²) >= 11 is 1.63. The number of rotatable bonds is 5. The Balaban J connectivity index is 1.80. The van der Waals surface area contributed by atoms with Gasteiger partial charge in [-0.15, -0.1) is 11.3 Å². The van der Waals surface area contributed by atoms with Gasteiger partial charge in [-0.3, -0.25) is 9.59 Å². The van der Waals surface area contributed by atoms with Gasteiger partial charge in [-0.25, -0.2) is 9.97 Å². The first-order valence-electron chi connectivity index (χ1n) is 7.53. The van der Waals surface area contributed by atoms with Crippen molar-refractivity contribution in [3.05, 3.63) is 46.6 Å². The third kappa shape index (κ3) is 3.58. The lowest BCUT2D eigenvalue weighted by Gasteiger charge is -2.08. The molecule has 0 fully saturated rings. The summed E-state index contributed by atoms with van der Waals surface area (Å²) in [5.41, 5.74) is 2.31. The second-order valence-corrected chi connectivity index (χ2v) is 6.67. The largest absolute Gasteiger partial charge is 0.480 e. The van der Waals surface area contributed by atoms with E-state index < -0.39 is 18.4 Å². The number of nitrogens with zero attached hydrogens (tertiary/aromatic N) is 2. The summed E-state index contributed by atoms with van der Waals surface area (Å²) in [5.74, 6) is -0.793. The molecule has 0 aliphatic rings. The lowest BCUT2D eigenvalue weighted by Crippen LogP contribution is -2.29. The quantitative estimate of drug-likeness (QED) is 0.649. The third-order valence-corrected chi connectivity index (χ3v) is 4.89. The van der Waals surface area contributed by atoms with Gasteiger partial charge in [-0.2, -0.15) is 0 Å². The molecule has 128 valence electrons. The zero-order chi connectivity index (χ0) is 18.0. The third-order valence-electron chi connectivity index (χ3n) is 3.78. The number of thiophene rings is 1. The molecule has 8 heteroatoms. The molecule has 0 saturated heterocycles. The van der Waals surface area contributed by atoms with Crippen molar-refractivity contribution in [1.29, 1.82) is 0 Å². The number of anilines is 2. The molecule has 0 spiro atoms. The number of carboxylic acid groups (broad SMARTS) is 1. The number of fused-ring (bicyclic) bond motifs is 1. The number of carbonyl (C=O) groups excluding carboxylic acids is 1. The van der Waals surface area contributed by atoms with Gasteiger partial charge in [-0.1, -0.05) is 0 Å². The van der Waals surface area contributed by atoms with Gasteiger partial charge in [0.2, 0.25) is 0 Å². The van der Waals surface area contributed by atoms with Crippen molar-refractivity contribution < 1.29 is 14.7 Å². The van der Waals surface area contributed by atoms with Gasteiger partial charge >= 0.3 is 5.97 Å². The van der Waals surface area contributed by atoms with Crippen LogP contribution in [-0.4, -0.2) is 33.5 Å². The molecule has 25 heavy (non-hydrogen) atoms. The summed E-state index contributed by atoms with van der Waals surface area (Å²) in [6.45, 7) is 3.68. The van der Waals surface area contributed by atoms with E-state index in [1.807, 2.05) is 6.92 Å². The lowest BCUT2D eigenvalue weighted by atomic mass is 10.2. The fourth-order valence-corrected chi connectivity index (χ4v) is 3.37.